The molecule has 0 spiro atoms. The summed E-state index contributed by atoms with van der Waals surface area (Å²) < 4.78 is 34.2. The molecular formula is C28H25NO4S. The molecule has 0 radical (unpaired) electrons. The van der Waals surface area contributed by atoms with Gasteiger partial charge in [-0.25, -0.2) is 12.7 Å². The second-order valence-corrected chi connectivity index (χ2v) is 10.5. The lowest BCUT2D eigenvalue weighted by Gasteiger charge is -2.50. The molecule has 5 rings (SSSR count). The molecule has 2 atom stereocenters. The third kappa shape index (κ3) is 3.06. The highest BCUT2D eigenvalue weighted by atomic mass is 32.2. The Kier molecular flexibility index (Phi) is 5.21. The van der Waals surface area contributed by atoms with Crippen LogP contribution in [0.25, 0.3) is 6.08 Å². The van der Waals surface area contributed by atoms with Gasteiger partial charge in [0.2, 0.25) is 0 Å². The number of allylic oxidation sites excluding steroid dienone is 1. The molecule has 3 aromatic rings. The zero-order valence-electron chi connectivity index (χ0n) is 19.2. The van der Waals surface area contributed by atoms with Crippen molar-refractivity contribution in [2.75, 3.05) is 11.4 Å². The van der Waals surface area contributed by atoms with Crippen molar-refractivity contribution >= 4 is 27.8 Å². The second kappa shape index (κ2) is 7.99. The molecule has 2 aliphatic rings. The molecule has 0 amide bonds. The number of aryl methyl sites for hydroxylation is 1. The minimum atomic E-state index is -3.88. The standard InChI is InChI=1S/C28H25NO4S/c1-19-13-15-23(16-14-19)34(31,32)29-18-24-20(2)28(27(30)33-3,22-10-5-4-6-11-22)25(24)17-21-9-7-8-12-26(21)29/h4-18,20H,1-3H3. The van der Waals surface area contributed by atoms with Gasteiger partial charge in [0.25, 0.3) is 10.0 Å². The van der Waals surface area contributed by atoms with E-state index in [0.717, 1.165) is 27.8 Å². The summed E-state index contributed by atoms with van der Waals surface area (Å²) >= 11 is 0. The summed E-state index contributed by atoms with van der Waals surface area (Å²) in [4.78, 5) is 13.5. The maximum absolute atomic E-state index is 13.8. The van der Waals surface area contributed by atoms with E-state index in [9.17, 15) is 13.2 Å². The van der Waals surface area contributed by atoms with Gasteiger partial charge in [0, 0.05) is 12.1 Å². The van der Waals surface area contributed by atoms with E-state index in [4.69, 9.17) is 4.74 Å². The minimum absolute atomic E-state index is 0.211. The summed E-state index contributed by atoms with van der Waals surface area (Å²) in [6.45, 7) is 3.86. The van der Waals surface area contributed by atoms with E-state index in [1.807, 2.05) is 68.5 Å². The van der Waals surface area contributed by atoms with E-state index >= 15 is 0 Å². The van der Waals surface area contributed by atoms with Crippen LogP contribution in [0.1, 0.15) is 23.6 Å². The van der Waals surface area contributed by atoms with Gasteiger partial charge in [-0.2, -0.15) is 0 Å². The third-order valence-electron chi connectivity index (χ3n) is 6.90. The summed E-state index contributed by atoms with van der Waals surface area (Å²) in [5, 5.41) is 0. The number of methoxy groups -OCH3 is 1. The number of hydrogen-bond acceptors (Lipinski definition) is 4. The fourth-order valence-electron chi connectivity index (χ4n) is 5.08. The number of ether oxygens (including phenoxy) is 1. The molecule has 34 heavy (non-hydrogen) atoms. The van der Waals surface area contributed by atoms with Crippen LogP contribution in [0.4, 0.5) is 5.69 Å². The van der Waals surface area contributed by atoms with Gasteiger partial charge in [-0.3, -0.25) is 4.79 Å². The molecule has 5 nitrogen and oxygen atoms in total. The quantitative estimate of drug-likeness (QED) is 0.489. The molecular weight excluding hydrogens is 446 g/mol. The number of esters is 1. The summed E-state index contributed by atoms with van der Waals surface area (Å²) in [5.41, 5.74) is 3.60. The first kappa shape index (κ1) is 22.2. The number of sulfonamides is 1. The summed E-state index contributed by atoms with van der Waals surface area (Å²) in [6, 6.07) is 23.7. The molecule has 0 N–H and O–H groups in total. The molecule has 1 fully saturated rings. The number of rotatable bonds is 4. The topological polar surface area (TPSA) is 63.7 Å². The van der Waals surface area contributed by atoms with Crippen LogP contribution in [-0.4, -0.2) is 21.5 Å². The smallest absolute Gasteiger partial charge is 0.321 e. The van der Waals surface area contributed by atoms with Crippen LogP contribution in [0.5, 0.6) is 0 Å². The summed E-state index contributed by atoms with van der Waals surface area (Å²) in [6.07, 6.45) is 3.59. The first-order valence-corrected chi connectivity index (χ1v) is 12.5. The van der Waals surface area contributed by atoms with E-state index in [1.54, 1.807) is 36.5 Å². The van der Waals surface area contributed by atoms with E-state index in [-0.39, 0.29) is 16.8 Å². The lowest BCUT2D eigenvalue weighted by Crippen LogP contribution is -2.54. The van der Waals surface area contributed by atoms with Crippen molar-refractivity contribution in [3.05, 3.63) is 113 Å². The fraction of sp³-hybridized carbons (Fsp3) is 0.179. The van der Waals surface area contributed by atoms with Crippen LogP contribution >= 0.6 is 0 Å². The Morgan fingerprint density at radius 3 is 2.26 bits per heavy atom. The molecule has 1 aliphatic heterocycles. The van der Waals surface area contributed by atoms with Crippen molar-refractivity contribution < 1.29 is 17.9 Å². The number of para-hydroxylation sites is 1. The maximum atomic E-state index is 13.8. The number of carbonyl (C=O) groups is 1. The maximum Gasteiger partial charge on any atom is 0.321 e. The molecule has 0 aromatic heterocycles. The average molecular weight is 472 g/mol. The zero-order chi connectivity index (χ0) is 24.1. The Bertz CT molecular complexity index is 1440. The molecule has 6 heteroatoms. The van der Waals surface area contributed by atoms with Crippen molar-refractivity contribution in [3.8, 4) is 0 Å². The van der Waals surface area contributed by atoms with Crippen LogP contribution in [0, 0.1) is 12.8 Å². The lowest BCUT2D eigenvalue weighted by atomic mass is 9.51. The summed E-state index contributed by atoms with van der Waals surface area (Å²) in [7, 11) is -2.49. The highest BCUT2D eigenvalue weighted by molar-refractivity contribution is 7.93. The van der Waals surface area contributed by atoms with Crippen LogP contribution in [0.3, 0.4) is 0 Å². The second-order valence-electron chi connectivity index (χ2n) is 8.70. The van der Waals surface area contributed by atoms with Crippen LogP contribution in [0.2, 0.25) is 0 Å². The van der Waals surface area contributed by atoms with Gasteiger partial charge in [0.1, 0.15) is 5.41 Å². The zero-order valence-corrected chi connectivity index (χ0v) is 20.0. The van der Waals surface area contributed by atoms with E-state index in [0.29, 0.717) is 5.69 Å². The number of fused-ring (bicyclic) bond motifs is 2. The van der Waals surface area contributed by atoms with Gasteiger partial charge in [-0.15, -0.1) is 0 Å². The van der Waals surface area contributed by atoms with Crippen molar-refractivity contribution in [1.29, 1.82) is 0 Å². The number of hydrogen-bond donors (Lipinski definition) is 0. The fourth-order valence-corrected chi connectivity index (χ4v) is 6.47. The van der Waals surface area contributed by atoms with E-state index in [2.05, 4.69) is 0 Å². The molecule has 3 aromatic carbocycles. The Balaban J connectivity index is 1.74. The van der Waals surface area contributed by atoms with Crippen molar-refractivity contribution in [2.24, 2.45) is 5.92 Å². The molecule has 172 valence electrons. The average Bonchev–Trinajstić information content (AvgIpc) is 3.01. The number of anilines is 1. The normalized spacial score (nSPS) is 21.3. The molecule has 0 saturated heterocycles. The van der Waals surface area contributed by atoms with Gasteiger partial charge < -0.3 is 4.74 Å². The van der Waals surface area contributed by atoms with Crippen LogP contribution < -0.4 is 4.31 Å². The molecule has 2 unspecified atom stereocenters. The molecule has 0 bridgehead atoms. The Hall–Kier alpha value is -3.64. The van der Waals surface area contributed by atoms with Gasteiger partial charge >= 0.3 is 5.97 Å². The number of benzene rings is 3. The Labute approximate surface area is 200 Å². The first-order chi connectivity index (χ1) is 16.3. The van der Waals surface area contributed by atoms with Crippen molar-refractivity contribution in [3.63, 3.8) is 0 Å². The van der Waals surface area contributed by atoms with Gasteiger partial charge in [-0.05, 0) is 53.5 Å². The Morgan fingerprint density at radius 2 is 1.59 bits per heavy atom. The molecule has 1 aliphatic carbocycles. The molecule has 1 heterocycles. The highest BCUT2D eigenvalue weighted by Gasteiger charge is 2.60. The predicted octanol–water partition coefficient (Wildman–Crippen LogP) is 5.23. The van der Waals surface area contributed by atoms with Gasteiger partial charge in [0.15, 0.2) is 0 Å². The summed E-state index contributed by atoms with van der Waals surface area (Å²) in [5.74, 6) is -0.652. The van der Waals surface area contributed by atoms with Gasteiger partial charge in [-0.1, -0.05) is 73.2 Å². The van der Waals surface area contributed by atoms with Crippen molar-refractivity contribution in [1.82, 2.24) is 0 Å². The number of carbonyl (C=O) groups excluding carboxylic acids is 1. The monoisotopic (exact) mass is 471 g/mol. The molecule has 1 saturated carbocycles. The third-order valence-corrected chi connectivity index (χ3v) is 8.58. The first-order valence-electron chi connectivity index (χ1n) is 11.1. The van der Waals surface area contributed by atoms with Crippen molar-refractivity contribution in [2.45, 2.75) is 24.2 Å². The highest BCUT2D eigenvalue weighted by Crippen LogP contribution is 2.59. The van der Waals surface area contributed by atoms with E-state index in [1.165, 1.54) is 11.4 Å². The van der Waals surface area contributed by atoms with Gasteiger partial charge in [0.05, 0.1) is 17.7 Å². The number of nitrogens with zero attached hydrogens (tertiary/aromatic N) is 1. The predicted molar refractivity (Wildman–Crippen MR) is 133 cm³/mol. The van der Waals surface area contributed by atoms with Crippen LogP contribution in [-0.2, 0) is 25.0 Å². The van der Waals surface area contributed by atoms with Crippen LogP contribution in [0.15, 0.2) is 101 Å². The minimum Gasteiger partial charge on any atom is -0.468 e. The lowest BCUT2D eigenvalue weighted by molar-refractivity contribution is -0.148. The largest absolute Gasteiger partial charge is 0.468 e. The Morgan fingerprint density at radius 1 is 0.941 bits per heavy atom. The SMILES string of the molecule is COC(=O)C1(c2ccccc2)C2=Cc3ccccc3N(S(=O)(=O)c3ccc(C)cc3)C=C2C1C. The van der Waals surface area contributed by atoms with E-state index < -0.39 is 15.4 Å².